The normalized spacial score (nSPS) is 17.3. The summed E-state index contributed by atoms with van der Waals surface area (Å²) in [5.74, 6) is 0.666. The van der Waals surface area contributed by atoms with Crippen molar-refractivity contribution in [3.8, 4) is 0 Å². The highest BCUT2D eigenvalue weighted by Crippen LogP contribution is 1.96. The average molecular weight is 131 g/mol. The van der Waals surface area contributed by atoms with E-state index in [4.69, 9.17) is 5.11 Å². The Labute approximate surface area is 57.3 Å². The first-order valence-electron chi connectivity index (χ1n) is 3.58. The Kier molecular flexibility index (Phi) is 4.72. The Bertz CT molecular complexity index is 63.9. The number of hydrogen-bond acceptors (Lipinski definition) is 2. The van der Waals surface area contributed by atoms with Crippen LogP contribution >= 0.6 is 0 Å². The smallest absolute Gasteiger partial charge is 0.102 e. The fourth-order valence-electron chi connectivity index (χ4n) is 0.516. The van der Waals surface area contributed by atoms with Crippen LogP contribution in [0.1, 0.15) is 27.2 Å². The van der Waals surface area contributed by atoms with Crippen LogP contribution in [-0.4, -0.2) is 17.9 Å². The zero-order valence-electron chi connectivity index (χ0n) is 6.52. The minimum absolute atomic E-state index is 0.362. The summed E-state index contributed by atoms with van der Waals surface area (Å²) in [6, 6.07) is 0. The number of aliphatic hydroxyl groups is 1. The number of nitrogens with one attached hydrogen (secondary N) is 1. The van der Waals surface area contributed by atoms with Crippen LogP contribution in [0.25, 0.3) is 0 Å². The SMILES string of the molecule is CC[C@@H](C)CNC(C)O. The van der Waals surface area contributed by atoms with E-state index in [-0.39, 0.29) is 6.23 Å². The molecular formula is C7H17NO. The van der Waals surface area contributed by atoms with Crippen LogP contribution in [0, 0.1) is 5.92 Å². The molecule has 0 saturated heterocycles. The summed E-state index contributed by atoms with van der Waals surface area (Å²) in [6.45, 7) is 6.96. The Morgan fingerprint density at radius 3 is 2.33 bits per heavy atom. The summed E-state index contributed by atoms with van der Waals surface area (Å²) < 4.78 is 0. The van der Waals surface area contributed by atoms with Crippen LogP contribution in [0.5, 0.6) is 0 Å². The standard InChI is InChI=1S/C7H17NO/c1-4-6(2)5-8-7(3)9/h6-9H,4-5H2,1-3H3/t6-,7?/m1/s1. The van der Waals surface area contributed by atoms with Crippen LogP contribution in [0.2, 0.25) is 0 Å². The monoisotopic (exact) mass is 131 g/mol. The van der Waals surface area contributed by atoms with Crippen molar-refractivity contribution in [2.75, 3.05) is 6.54 Å². The minimum Gasteiger partial charge on any atom is -0.379 e. The summed E-state index contributed by atoms with van der Waals surface area (Å²) in [6.07, 6.45) is 0.804. The summed E-state index contributed by atoms with van der Waals surface area (Å²) in [5, 5.41) is 11.7. The molecule has 0 fully saturated rings. The topological polar surface area (TPSA) is 32.3 Å². The summed E-state index contributed by atoms with van der Waals surface area (Å²) >= 11 is 0. The molecule has 0 radical (unpaired) electrons. The van der Waals surface area contributed by atoms with E-state index in [0.717, 1.165) is 6.54 Å². The molecule has 0 amide bonds. The van der Waals surface area contributed by atoms with Crippen LogP contribution < -0.4 is 5.32 Å². The van der Waals surface area contributed by atoms with Gasteiger partial charge in [-0.25, -0.2) is 0 Å². The van der Waals surface area contributed by atoms with Gasteiger partial charge in [-0.1, -0.05) is 20.3 Å². The van der Waals surface area contributed by atoms with Crippen molar-refractivity contribution in [3.63, 3.8) is 0 Å². The van der Waals surface area contributed by atoms with Crippen molar-refractivity contribution >= 4 is 0 Å². The lowest BCUT2D eigenvalue weighted by molar-refractivity contribution is 0.150. The molecule has 0 rings (SSSR count). The van der Waals surface area contributed by atoms with Crippen molar-refractivity contribution in [3.05, 3.63) is 0 Å². The zero-order valence-corrected chi connectivity index (χ0v) is 6.52. The number of hydrogen-bond donors (Lipinski definition) is 2. The van der Waals surface area contributed by atoms with E-state index in [0.29, 0.717) is 5.92 Å². The highest BCUT2D eigenvalue weighted by Gasteiger charge is 1.98. The van der Waals surface area contributed by atoms with Gasteiger partial charge in [-0.2, -0.15) is 0 Å². The van der Waals surface area contributed by atoms with Gasteiger partial charge >= 0.3 is 0 Å². The van der Waals surface area contributed by atoms with Crippen molar-refractivity contribution in [2.24, 2.45) is 5.92 Å². The maximum Gasteiger partial charge on any atom is 0.102 e. The lowest BCUT2D eigenvalue weighted by Gasteiger charge is -2.11. The highest BCUT2D eigenvalue weighted by molar-refractivity contribution is 4.53. The molecule has 0 heterocycles. The lowest BCUT2D eigenvalue weighted by atomic mass is 10.1. The fraction of sp³-hybridized carbons (Fsp3) is 1.00. The van der Waals surface area contributed by atoms with Crippen molar-refractivity contribution < 1.29 is 5.11 Å². The molecule has 0 aliphatic rings. The van der Waals surface area contributed by atoms with Gasteiger partial charge in [-0.3, -0.25) is 5.32 Å². The molecular weight excluding hydrogens is 114 g/mol. The molecule has 2 nitrogen and oxygen atoms in total. The molecule has 0 bridgehead atoms. The molecule has 0 aromatic carbocycles. The third-order valence-corrected chi connectivity index (χ3v) is 1.46. The van der Waals surface area contributed by atoms with E-state index in [1.165, 1.54) is 6.42 Å². The Morgan fingerprint density at radius 1 is 1.44 bits per heavy atom. The van der Waals surface area contributed by atoms with E-state index in [1.54, 1.807) is 6.92 Å². The maximum absolute atomic E-state index is 8.79. The molecule has 2 atom stereocenters. The molecule has 2 heteroatoms. The van der Waals surface area contributed by atoms with Gasteiger partial charge in [-0.15, -0.1) is 0 Å². The summed E-state index contributed by atoms with van der Waals surface area (Å²) in [7, 11) is 0. The minimum atomic E-state index is -0.362. The average Bonchev–Trinajstić information content (AvgIpc) is 1.83. The predicted molar refractivity (Wildman–Crippen MR) is 39.1 cm³/mol. The van der Waals surface area contributed by atoms with Gasteiger partial charge in [0.2, 0.25) is 0 Å². The van der Waals surface area contributed by atoms with Gasteiger partial charge in [0.1, 0.15) is 6.23 Å². The first-order valence-corrected chi connectivity index (χ1v) is 3.58. The van der Waals surface area contributed by atoms with Crippen LogP contribution in [-0.2, 0) is 0 Å². The quantitative estimate of drug-likeness (QED) is 0.557. The number of rotatable bonds is 4. The highest BCUT2D eigenvalue weighted by atomic mass is 16.3. The molecule has 9 heavy (non-hydrogen) atoms. The molecule has 0 aliphatic carbocycles. The van der Waals surface area contributed by atoms with Gasteiger partial charge in [0, 0.05) is 6.54 Å². The van der Waals surface area contributed by atoms with E-state index in [2.05, 4.69) is 19.2 Å². The third kappa shape index (κ3) is 5.80. The van der Waals surface area contributed by atoms with E-state index in [1.807, 2.05) is 0 Å². The third-order valence-electron chi connectivity index (χ3n) is 1.46. The van der Waals surface area contributed by atoms with Gasteiger partial charge in [0.15, 0.2) is 0 Å². The molecule has 56 valence electrons. The van der Waals surface area contributed by atoms with Crippen molar-refractivity contribution in [2.45, 2.75) is 33.4 Å². The molecule has 0 spiro atoms. The first kappa shape index (κ1) is 8.92. The maximum atomic E-state index is 8.79. The first-order chi connectivity index (χ1) is 4.16. The molecule has 0 aliphatic heterocycles. The Balaban J connectivity index is 3.06. The Morgan fingerprint density at radius 2 is 2.00 bits per heavy atom. The van der Waals surface area contributed by atoms with Gasteiger partial charge < -0.3 is 5.11 Å². The van der Waals surface area contributed by atoms with Crippen molar-refractivity contribution in [1.82, 2.24) is 5.32 Å². The van der Waals surface area contributed by atoms with Crippen LogP contribution in [0.15, 0.2) is 0 Å². The number of aliphatic hydroxyl groups excluding tert-OH is 1. The lowest BCUT2D eigenvalue weighted by Crippen LogP contribution is -2.29. The predicted octanol–water partition coefficient (Wildman–Crippen LogP) is 0.960. The van der Waals surface area contributed by atoms with Gasteiger partial charge in [0.25, 0.3) is 0 Å². The second-order valence-corrected chi connectivity index (χ2v) is 2.60. The zero-order chi connectivity index (χ0) is 7.28. The molecule has 2 N–H and O–H groups in total. The summed E-state index contributed by atoms with van der Waals surface area (Å²) in [5.41, 5.74) is 0. The molecule has 0 aromatic heterocycles. The molecule has 1 unspecified atom stereocenters. The van der Waals surface area contributed by atoms with Crippen LogP contribution in [0.4, 0.5) is 0 Å². The second-order valence-electron chi connectivity index (χ2n) is 2.60. The molecule has 0 saturated carbocycles. The fourth-order valence-corrected chi connectivity index (χ4v) is 0.516. The van der Waals surface area contributed by atoms with Crippen LogP contribution in [0.3, 0.4) is 0 Å². The van der Waals surface area contributed by atoms with E-state index >= 15 is 0 Å². The van der Waals surface area contributed by atoms with Gasteiger partial charge in [0.05, 0.1) is 0 Å². The van der Waals surface area contributed by atoms with E-state index < -0.39 is 0 Å². The van der Waals surface area contributed by atoms with E-state index in [9.17, 15) is 0 Å². The Hall–Kier alpha value is -0.0800. The largest absolute Gasteiger partial charge is 0.379 e. The van der Waals surface area contributed by atoms with Crippen molar-refractivity contribution in [1.29, 1.82) is 0 Å². The summed E-state index contributed by atoms with van der Waals surface area (Å²) in [4.78, 5) is 0. The van der Waals surface area contributed by atoms with Gasteiger partial charge in [-0.05, 0) is 12.8 Å². The second kappa shape index (κ2) is 4.77. The molecule has 0 aromatic rings.